The molecule has 1 amide bonds. The summed E-state index contributed by atoms with van der Waals surface area (Å²) in [5, 5.41) is 12.7. The second-order valence-electron chi connectivity index (χ2n) is 5.38. The number of nitrogens with one attached hydrogen (secondary N) is 2. The zero-order valence-corrected chi connectivity index (χ0v) is 13.8. The van der Waals surface area contributed by atoms with Gasteiger partial charge in [0.25, 0.3) is 5.91 Å². The highest BCUT2D eigenvalue weighted by molar-refractivity contribution is 7.99. The summed E-state index contributed by atoms with van der Waals surface area (Å²) >= 11 is 0.853. The van der Waals surface area contributed by atoms with Crippen molar-refractivity contribution in [2.24, 2.45) is 0 Å². The molecule has 0 unspecified atom stereocenters. The molecule has 1 aliphatic rings. The summed E-state index contributed by atoms with van der Waals surface area (Å²) in [6.45, 7) is -0.162. The van der Waals surface area contributed by atoms with Crippen LogP contribution in [0.4, 0.5) is 29.1 Å². The predicted octanol–water partition coefficient (Wildman–Crippen LogP) is 3.06. The molecule has 0 atom stereocenters. The molecule has 2 heterocycles. The van der Waals surface area contributed by atoms with Gasteiger partial charge in [-0.15, -0.1) is 0 Å². The minimum absolute atomic E-state index is 0.0336. The molecule has 1 fully saturated rings. The van der Waals surface area contributed by atoms with Gasteiger partial charge in [0.05, 0.1) is 17.7 Å². The molecule has 1 saturated heterocycles. The van der Waals surface area contributed by atoms with Gasteiger partial charge in [-0.1, -0.05) is 0 Å². The molecule has 0 saturated carbocycles. The molecule has 0 radical (unpaired) electrons. The van der Waals surface area contributed by atoms with E-state index < -0.39 is 17.6 Å². The van der Waals surface area contributed by atoms with Crippen molar-refractivity contribution < 1.29 is 27.5 Å². The van der Waals surface area contributed by atoms with E-state index >= 15 is 0 Å². The number of aromatic hydroxyl groups is 1. The first-order valence-corrected chi connectivity index (χ1v) is 8.03. The number of amides is 1. The molecule has 0 bridgehead atoms. The quantitative estimate of drug-likeness (QED) is 0.552. The van der Waals surface area contributed by atoms with Crippen molar-refractivity contribution >= 4 is 29.5 Å². The van der Waals surface area contributed by atoms with Gasteiger partial charge in [0.2, 0.25) is 0 Å². The lowest BCUT2D eigenvalue weighted by molar-refractivity contribution is -0.137. The van der Waals surface area contributed by atoms with Crippen molar-refractivity contribution in [3.63, 3.8) is 0 Å². The zero-order valence-electron chi connectivity index (χ0n) is 13.0. The van der Waals surface area contributed by atoms with Gasteiger partial charge in [-0.2, -0.15) is 13.2 Å². The molecule has 138 valence electrons. The molecule has 1 aromatic carbocycles. The Morgan fingerprint density at radius 3 is 2.73 bits per heavy atom. The van der Waals surface area contributed by atoms with Gasteiger partial charge in [-0.05, 0) is 29.8 Å². The molecule has 1 aromatic heterocycles. The fourth-order valence-electron chi connectivity index (χ4n) is 2.31. The summed E-state index contributed by atoms with van der Waals surface area (Å²) in [5.74, 6) is -1.51. The number of nitrogens with zero attached hydrogens (tertiary/aromatic N) is 2. The highest BCUT2D eigenvalue weighted by atomic mass is 32.2. The number of hydrogen-bond donors (Lipinski definition) is 3. The van der Waals surface area contributed by atoms with E-state index in [1.165, 1.54) is 10.4 Å². The summed E-state index contributed by atoms with van der Waals surface area (Å²) in [4.78, 5) is 15.0. The molecule has 6 nitrogen and oxygen atoms in total. The van der Waals surface area contributed by atoms with Crippen molar-refractivity contribution in [2.75, 3.05) is 16.2 Å². The van der Waals surface area contributed by atoms with Gasteiger partial charge >= 0.3 is 6.18 Å². The Morgan fingerprint density at radius 1 is 1.35 bits per heavy atom. The number of phenolic OH excluding ortho intramolecular Hbond substituents is 1. The molecule has 26 heavy (non-hydrogen) atoms. The van der Waals surface area contributed by atoms with Crippen LogP contribution in [0, 0.1) is 5.82 Å². The van der Waals surface area contributed by atoms with Crippen molar-refractivity contribution in [3.05, 3.63) is 47.4 Å². The molecular weight excluding hydrogens is 376 g/mol. The Bertz CT molecular complexity index is 824. The first-order valence-electron chi connectivity index (χ1n) is 7.26. The molecule has 11 heteroatoms. The number of alkyl halides is 3. The van der Waals surface area contributed by atoms with Crippen LogP contribution in [0.25, 0.3) is 0 Å². The number of carbonyl (C=O) groups is 1. The van der Waals surface area contributed by atoms with E-state index in [1.807, 2.05) is 0 Å². The number of rotatable bonds is 4. The van der Waals surface area contributed by atoms with Crippen LogP contribution in [0.2, 0.25) is 0 Å². The minimum atomic E-state index is -4.50. The number of hydrogen-bond acceptors (Lipinski definition) is 6. The normalized spacial score (nSPS) is 14.5. The van der Waals surface area contributed by atoms with E-state index in [4.69, 9.17) is 0 Å². The zero-order chi connectivity index (χ0) is 18.9. The minimum Gasteiger partial charge on any atom is -0.506 e. The average molecular weight is 388 g/mol. The number of aromatic nitrogens is 1. The van der Waals surface area contributed by atoms with Crippen LogP contribution in [0.5, 0.6) is 5.75 Å². The van der Waals surface area contributed by atoms with Crippen LogP contribution >= 0.6 is 12.1 Å². The second-order valence-corrected chi connectivity index (χ2v) is 6.21. The average Bonchev–Trinajstić information content (AvgIpc) is 2.98. The van der Waals surface area contributed by atoms with Gasteiger partial charge in [0.15, 0.2) is 5.82 Å². The Balaban J connectivity index is 1.74. The number of pyridine rings is 1. The van der Waals surface area contributed by atoms with Gasteiger partial charge in [0.1, 0.15) is 23.8 Å². The van der Waals surface area contributed by atoms with E-state index in [0.29, 0.717) is 5.56 Å². The maximum atomic E-state index is 14.3. The van der Waals surface area contributed by atoms with E-state index in [2.05, 4.69) is 15.0 Å². The Labute approximate surface area is 149 Å². The third-order valence-electron chi connectivity index (χ3n) is 3.47. The van der Waals surface area contributed by atoms with Crippen molar-refractivity contribution in [2.45, 2.75) is 12.7 Å². The molecule has 2 aromatic rings. The first kappa shape index (κ1) is 18.1. The van der Waals surface area contributed by atoms with E-state index in [9.17, 15) is 27.5 Å². The van der Waals surface area contributed by atoms with Crippen LogP contribution < -0.4 is 14.3 Å². The standard InChI is InChI=1S/C15H12F4N4O2S/c16-10-3-8(4-11(24)14(10)23-7-13(25)22-26-23)6-21-12-5-9(1-2-20-12)15(17,18)19/h1-5,24H,6-7H2,(H,20,21)(H,22,25). The summed E-state index contributed by atoms with van der Waals surface area (Å²) in [5.41, 5.74) is -0.705. The molecule has 3 N–H and O–H groups in total. The van der Waals surface area contributed by atoms with Crippen LogP contribution in [-0.4, -0.2) is 22.5 Å². The molecule has 0 aliphatic carbocycles. The van der Waals surface area contributed by atoms with E-state index in [0.717, 1.165) is 36.5 Å². The van der Waals surface area contributed by atoms with Crippen LogP contribution in [0.15, 0.2) is 30.5 Å². The van der Waals surface area contributed by atoms with Crippen LogP contribution in [0.3, 0.4) is 0 Å². The van der Waals surface area contributed by atoms with Crippen LogP contribution in [0.1, 0.15) is 11.1 Å². The first-order chi connectivity index (χ1) is 12.2. The lowest BCUT2D eigenvalue weighted by Gasteiger charge is -2.17. The van der Waals surface area contributed by atoms with Gasteiger partial charge in [-0.25, -0.2) is 9.37 Å². The summed E-state index contributed by atoms with van der Waals surface area (Å²) in [6.07, 6.45) is -3.48. The third kappa shape index (κ3) is 3.93. The van der Waals surface area contributed by atoms with Crippen molar-refractivity contribution in [1.82, 2.24) is 9.71 Å². The molecule has 3 rings (SSSR count). The van der Waals surface area contributed by atoms with E-state index in [1.54, 1.807) is 0 Å². The highest BCUT2D eigenvalue weighted by Crippen LogP contribution is 2.36. The number of phenols is 1. The van der Waals surface area contributed by atoms with Crippen molar-refractivity contribution in [1.29, 1.82) is 0 Å². The topological polar surface area (TPSA) is 77.5 Å². The SMILES string of the molecule is O=C1CN(c2c(O)cc(CNc3cc(C(F)(F)F)ccn3)cc2F)SN1. The number of halogens is 4. The van der Waals surface area contributed by atoms with Crippen LogP contribution in [-0.2, 0) is 17.5 Å². The second kappa shape index (κ2) is 6.90. The largest absolute Gasteiger partial charge is 0.506 e. The number of carbonyl (C=O) groups excluding carboxylic acids is 1. The summed E-state index contributed by atoms with van der Waals surface area (Å²) < 4.78 is 56.0. The van der Waals surface area contributed by atoms with Gasteiger partial charge in [-0.3, -0.25) is 13.8 Å². The maximum Gasteiger partial charge on any atom is 0.416 e. The lowest BCUT2D eigenvalue weighted by atomic mass is 10.1. The predicted molar refractivity (Wildman–Crippen MR) is 87.7 cm³/mol. The monoisotopic (exact) mass is 388 g/mol. The van der Waals surface area contributed by atoms with Gasteiger partial charge < -0.3 is 10.4 Å². The van der Waals surface area contributed by atoms with E-state index in [-0.39, 0.29) is 36.3 Å². The van der Waals surface area contributed by atoms with Gasteiger partial charge in [0, 0.05) is 12.7 Å². The smallest absolute Gasteiger partial charge is 0.416 e. The molecular formula is C15H12F4N4O2S. The maximum absolute atomic E-state index is 14.3. The highest BCUT2D eigenvalue weighted by Gasteiger charge is 2.30. The third-order valence-corrected chi connectivity index (χ3v) is 4.32. The Morgan fingerprint density at radius 2 is 2.12 bits per heavy atom. The fraction of sp³-hybridized carbons (Fsp3) is 0.200. The molecule has 0 spiro atoms. The molecule has 1 aliphatic heterocycles. The fourth-order valence-corrected chi connectivity index (χ4v) is 3.04. The number of benzene rings is 1. The Hall–Kier alpha value is -2.69. The summed E-state index contributed by atoms with van der Waals surface area (Å²) in [7, 11) is 0. The summed E-state index contributed by atoms with van der Waals surface area (Å²) in [6, 6.07) is 4.07. The number of anilines is 2. The van der Waals surface area contributed by atoms with Crippen molar-refractivity contribution in [3.8, 4) is 5.75 Å². The lowest BCUT2D eigenvalue weighted by Crippen LogP contribution is -2.16. The Kier molecular flexibility index (Phi) is 4.81.